The summed E-state index contributed by atoms with van der Waals surface area (Å²) in [5, 5.41) is 10.1. The molecule has 0 unspecified atom stereocenters. The summed E-state index contributed by atoms with van der Waals surface area (Å²) in [5.41, 5.74) is 1.59. The molecule has 6 heteroatoms. The summed E-state index contributed by atoms with van der Waals surface area (Å²) in [5.74, 6) is 1.04. The van der Waals surface area contributed by atoms with Crippen LogP contribution in [0.5, 0.6) is 0 Å². The fourth-order valence-corrected chi connectivity index (χ4v) is 4.51. The SMILES string of the molecule is Cc1cc2cc(C(=O)N3CCC4(CCC(=O)N(CCO)C4)CC3)ccc2o1. The summed E-state index contributed by atoms with van der Waals surface area (Å²) >= 11 is 0. The second kappa shape index (κ2) is 7.00. The molecule has 3 heterocycles. The first-order chi connectivity index (χ1) is 13.0. The molecular weight excluding hydrogens is 344 g/mol. The molecule has 0 saturated carbocycles. The Hall–Kier alpha value is -2.34. The summed E-state index contributed by atoms with van der Waals surface area (Å²) in [6.07, 6.45) is 3.24. The molecule has 2 fully saturated rings. The number of piperidine rings is 2. The summed E-state index contributed by atoms with van der Waals surface area (Å²) in [7, 11) is 0. The van der Waals surface area contributed by atoms with Crippen LogP contribution in [-0.4, -0.2) is 59.5 Å². The molecule has 27 heavy (non-hydrogen) atoms. The molecule has 2 aromatic rings. The molecule has 0 bridgehead atoms. The third kappa shape index (κ3) is 3.46. The number of likely N-dealkylation sites (tertiary alicyclic amines) is 2. The maximum Gasteiger partial charge on any atom is 0.253 e. The van der Waals surface area contributed by atoms with E-state index in [1.807, 2.05) is 36.1 Å². The maximum absolute atomic E-state index is 12.9. The first-order valence-electron chi connectivity index (χ1n) is 9.68. The van der Waals surface area contributed by atoms with Gasteiger partial charge in [-0.3, -0.25) is 9.59 Å². The second-order valence-corrected chi connectivity index (χ2v) is 7.94. The van der Waals surface area contributed by atoms with Crippen molar-refractivity contribution in [3.8, 4) is 0 Å². The van der Waals surface area contributed by atoms with E-state index < -0.39 is 0 Å². The monoisotopic (exact) mass is 370 g/mol. The lowest BCUT2D eigenvalue weighted by atomic mass is 9.72. The van der Waals surface area contributed by atoms with E-state index in [0.29, 0.717) is 38.2 Å². The summed E-state index contributed by atoms with van der Waals surface area (Å²) in [6.45, 7) is 4.44. The molecule has 6 nitrogen and oxygen atoms in total. The number of carbonyl (C=O) groups is 2. The van der Waals surface area contributed by atoms with Crippen molar-refractivity contribution in [2.24, 2.45) is 5.41 Å². The van der Waals surface area contributed by atoms with Crippen LogP contribution in [0.4, 0.5) is 0 Å². The first kappa shape index (κ1) is 18.0. The molecule has 2 aliphatic heterocycles. The number of fused-ring (bicyclic) bond motifs is 1. The largest absolute Gasteiger partial charge is 0.461 e. The second-order valence-electron chi connectivity index (χ2n) is 7.94. The number of benzene rings is 1. The summed E-state index contributed by atoms with van der Waals surface area (Å²) in [6, 6.07) is 7.55. The van der Waals surface area contributed by atoms with Crippen molar-refractivity contribution in [1.29, 1.82) is 0 Å². The van der Waals surface area contributed by atoms with Crippen molar-refractivity contribution >= 4 is 22.8 Å². The molecule has 2 aliphatic rings. The minimum Gasteiger partial charge on any atom is -0.461 e. The van der Waals surface area contributed by atoms with Crippen molar-refractivity contribution < 1.29 is 19.1 Å². The van der Waals surface area contributed by atoms with E-state index in [-0.39, 0.29) is 23.8 Å². The number of hydrogen-bond acceptors (Lipinski definition) is 4. The third-order valence-electron chi connectivity index (χ3n) is 6.12. The molecule has 2 amide bonds. The highest BCUT2D eigenvalue weighted by molar-refractivity contribution is 5.98. The molecule has 0 radical (unpaired) electrons. The highest BCUT2D eigenvalue weighted by Crippen LogP contribution is 2.40. The number of aliphatic hydroxyl groups is 1. The Balaban J connectivity index is 1.43. The number of furan rings is 1. The van der Waals surface area contributed by atoms with Gasteiger partial charge in [-0.05, 0) is 55.9 Å². The van der Waals surface area contributed by atoms with Crippen molar-refractivity contribution in [3.63, 3.8) is 0 Å². The molecule has 1 aromatic heterocycles. The predicted octanol–water partition coefficient (Wildman–Crippen LogP) is 2.58. The number of aryl methyl sites for hydroxylation is 1. The maximum atomic E-state index is 12.9. The zero-order valence-corrected chi connectivity index (χ0v) is 15.7. The number of amides is 2. The van der Waals surface area contributed by atoms with Crippen LogP contribution < -0.4 is 0 Å². The number of hydrogen-bond donors (Lipinski definition) is 1. The Morgan fingerprint density at radius 3 is 2.74 bits per heavy atom. The van der Waals surface area contributed by atoms with Gasteiger partial charge in [0.25, 0.3) is 5.91 Å². The summed E-state index contributed by atoms with van der Waals surface area (Å²) in [4.78, 5) is 28.7. The predicted molar refractivity (Wildman–Crippen MR) is 101 cm³/mol. The van der Waals surface area contributed by atoms with E-state index in [2.05, 4.69) is 0 Å². The smallest absolute Gasteiger partial charge is 0.253 e. The molecule has 144 valence electrons. The zero-order chi connectivity index (χ0) is 19.0. The molecule has 2 saturated heterocycles. The topological polar surface area (TPSA) is 74.0 Å². The van der Waals surface area contributed by atoms with E-state index in [9.17, 15) is 14.7 Å². The fourth-order valence-electron chi connectivity index (χ4n) is 4.51. The average Bonchev–Trinajstić information content (AvgIpc) is 3.04. The van der Waals surface area contributed by atoms with Crippen LogP contribution in [-0.2, 0) is 4.79 Å². The van der Waals surface area contributed by atoms with Gasteiger partial charge in [0.2, 0.25) is 5.91 Å². The summed E-state index contributed by atoms with van der Waals surface area (Å²) < 4.78 is 5.59. The van der Waals surface area contributed by atoms with Crippen LogP contribution in [0, 0.1) is 12.3 Å². The Morgan fingerprint density at radius 2 is 2.00 bits per heavy atom. The minimum absolute atomic E-state index is 0.00238. The Bertz CT molecular complexity index is 864. The fraction of sp³-hybridized carbons (Fsp3) is 0.524. The van der Waals surface area contributed by atoms with Crippen LogP contribution in [0.1, 0.15) is 41.8 Å². The standard InChI is InChI=1S/C21H26N2O4/c1-15-12-17-13-16(2-3-18(17)27-15)20(26)22-8-6-21(7-9-22)5-4-19(25)23(14-21)10-11-24/h2-3,12-13,24H,4-11,14H2,1H3. The zero-order valence-electron chi connectivity index (χ0n) is 15.7. The van der Waals surface area contributed by atoms with E-state index >= 15 is 0 Å². The minimum atomic E-state index is 0.00238. The lowest BCUT2D eigenvalue weighted by Gasteiger charge is -2.47. The Morgan fingerprint density at radius 1 is 1.22 bits per heavy atom. The van der Waals surface area contributed by atoms with Crippen molar-refractivity contribution in [3.05, 3.63) is 35.6 Å². The molecule has 0 aliphatic carbocycles. The van der Waals surface area contributed by atoms with Gasteiger partial charge in [0.15, 0.2) is 0 Å². The van der Waals surface area contributed by atoms with Gasteiger partial charge in [0, 0.05) is 43.5 Å². The molecule has 4 rings (SSSR count). The molecule has 1 spiro atoms. The molecule has 1 aromatic carbocycles. The highest BCUT2D eigenvalue weighted by atomic mass is 16.3. The van der Waals surface area contributed by atoms with Crippen LogP contribution in [0.2, 0.25) is 0 Å². The van der Waals surface area contributed by atoms with Gasteiger partial charge in [-0.25, -0.2) is 0 Å². The lowest BCUT2D eigenvalue weighted by molar-refractivity contribution is -0.139. The van der Waals surface area contributed by atoms with Gasteiger partial charge >= 0.3 is 0 Å². The number of aliphatic hydroxyl groups excluding tert-OH is 1. The highest BCUT2D eigenvalue weighted by Gasteiger charge is 2.41. The van der Waals surface area contributed by atoms with Gasteiger partial charge < -0.3 is 19.3 Å². The van der Waals surface area contributed by atoms with Crippen molar-refractivity contribution in [2.45, 2.75) is 32.6 Å². The van der Waals surface area contributed by atoms with Crippen LogP contribution >= 0.6 is 0 Å². The van der Waals surface area contributed by atoms with Crippen LogP contribution in [0.25, 0.3) is 11.0 Å². The van der Waals surface area contributed by atoms with Gasteiger partial charge in [-0.2, -0.15) is 0 Å². The number of rotatable bonds is 3. The van der Waals surface area contributed by atoms with E-state index in [0.717, 1.165) is 36.0 Å². The normalized spacial score (nSPS) is 19.9. The van der Waals surface area contributed by atoms with Gasteiger partial charge in [0.05, 0.1) is 6.61 Å². The number of carbonyl (C=O) groups excluding carboxylic acids is 2. The lowest BCUT2D eigenvalue weighted by Crippen LogP contribution is -2.52. The van der Waals surface area contributed by atoms with Crippen LogP contribution in [0.3, 0.4) is 0 Å². The number of nitrogens with zero attached hydrogens (tertiary/aromatic N) is 2. The van der Waals surface area contributed by atoms with Crippen molar-refractivity contribution in [1.82, 2.24) is 9.80 Å². The third-order valence-corrected chi connectivity index (χ3v) is 6.12. The molecule has 0 atom stereocenters. The first-order valence-corrected chi connectivity index (χ1v) is 9.68. The molecule has 1 N–H and O–H groups in total. The number of β-amino-alcohol motifs (C(OH)–C–C–N with tert-alkyl or cyclic N) is 1. The van der Waals surface area contributed by atoms with E-state index in [1.54, 1.807) is 4.90 Å². The molecular formula is C21H26N2O4. The average molecular weight is 370 g/mol. The van der Waals surface area contributed by atoms with Gasteiger partial charge in [-0.15, -0.1) is 0 Å². The van der Waals surface area contributed by atoms with Gasteiger partial charge in [0.1, 0.15) is 11.3 Å². The van der Waals surface area contributed by atoms with Gasteiger partial charge in [-0.1, -0.05) is 0 Å². The van der Waals surface area contributed by atoms with E-state index in [1.165, 1.54) is 0 Å². The van der Waals surface area contributed by atoms with E-state index in [4.69, 9.17) is 4.42 Å². The Labute approximate surface area is 158 Å². The Kier molecular flexibility index (Phi) is 4.68. The quantitative estimate of drug-likeness (QED) is 0.901. The van der Waals surface area contributed by atoms with Crippen molar-refractivity contribution in [2.75, 3.05) is 32.8 Å². The van der Waals surface area contributed by atoms with Crippen LogP contribution in [0.15, 0.2) is 28.7 Å².